The number of carbonyl (C=O) groups is 2. The molecule has 2 fully saturated rings. The molecule has 8 nitrogen and oxygen atoms in total. The molecule has 0 unspecified atom stereocenters. The number of piperidine rings is 1. The van der Waals surface area contributed by atoms with Crippen molar-refractivity contribution in [2.45, 2.75) is 50.7 Å². The van der Waals surface area contributed by atoms with Gasteiger partial charge in [0, 0.05) is 19.6 Å². The van der Waals surface area contributed by atoms with Gasteiger partial charge in [0.2, 0.25) is 15.9 Å². The summed E-state index contributed by atoms with van der Waals surface area (Å²) in [6.45, 7) is 6.90. The van der Waals surface area contributed by atoms with E-state index in [-0.39, 0.29) is 12.5 Å². The van der Waals surface area contributed by atoms with Crippen LogP contribution in [0.3, 0.4) is 0 Å². The minimum Gasteiger partial charge on any atom is -0.465 e. The van der Waals surface area contributed by atoms with E-state index < -0.39 is 21.7 Å². The van der Waals surface area contributed by atoms with E-state index in [1.165, 1.54) is 11.4 Å². The first-order valence-electron chi connectivity index (χ1n) is 11.4. The van der Waals surface area contributed by atoms with Crippen LogP contribution >= 0.6 is 0 Å². The van der Waals surface area contributed by atoms with Gasteiger partial charge < -0.3 is 9.64 Å². The fourth-order valence-corrected chi connectivity index (χ4v) is 7.05. The first-order valence-corrected chi connectivity index (χ1v) is 12.8. The minimum absolute atomic E-state index is 0.0152. The maximum atomic E-state index is 13.5. The van der Waals surface area contributed by atoms with E-state index in [0.29, 0.717) is 42.9 Å². The fourth-order valence-electron chi connectivity index (χ4n) is 5.20. The van der Waals surface area contributed by atoms with Gasteiger partial charge in [0.25, 0.3) is 0 Å². The Morgan fingerprint density at radius 3 is 2.21 bits per heavy atom. The summed E-state index contributed by atoms with van der Waals surface area (Å²) in [5.74, 6) is -0.423. The maximum Gasteiger partial charge on any atom is 0.337 e. The average molecular weight is 486 g/mol. The van der Waals surface area contributed by atoms with Crippen molar-refractivity contribution in [3.8, 4) is 0 Å². The number of sulfonamides is 1. The van der Waals surface area contributed by atoms with Gasteiger partial charge in [-0.2, -0.15) is 4.31 Å². The Bertz CT molecular complexity index is 1190. The second-order valence-corrected chi connectivity index (χ2v) is 11.1. The number of benzene rings is 2. The molecule has 0 aliphatic carbocycles. The minimum atomic E-state index is -3.63. The predicted octanol–water partition coefficient (Wildman–Crippen LogP) is 2.51. The van der Waals surface area contributed by atoms with Crippen molar-refractivity contribution < 1.29 is 22.7 Å². The van der Waals surface area contributed by atoms with Crippen LogP contribution in [0.5, 0.6) is 0 Å². The molecule has 0 atom stereocenters. The highest BCUT2D eigenvalue weighted by atomic mass is 32.2. The zero-order chi connectivity index (χ0) is 24.7. The van der Waals surface area contributed by atoms with Crippen molar-refractivity contribution in [2.24, 2.45) is 0 Å². The number of carbonyl (C=O) groups excluding carboxylic acids is 2. The molecule has 2 aliphatic heterocycles. The largest absolute Gasteiger partial charge is 0.465 e. The van der Waals surface area contributed by atoms with E-state index in [4.69, 9.17) is 4.74 Å². The Hall–Kier alpha value is -2.75. The summed E-state index contributed by atoms with van der Waals surface area (Å²) in [7, 11) is -2.30. The highest BCUT2D eigenvalue weighted by Gasteiger charge is 2.48. The van der Waals surface area contributed by atoms with Crippen LogP contribution < -0.4 is 5.32 Å². The van der Waals surface area contributed by atoms with Crippen LogP contribution in [0, 0.1) is 20.8 Å². The van der Waals surface area contributed by atoms with Crippen LogP contribution in [-0.2, 0) is 26.1 Å². The Balaban J connectivity index is 1.51. The standard InChI is InChI=1S/C25H31N3O5S/c1-17-13-18(2)23(19(3)14-17)34(31,32)27-11-9-25(10-12-27)26-15-22(29)28(25)16-20-5-7-21(8-6-20)24(30)33-4/h5-8,13-14,26H,9-12,15-16H2,1-4H3. The zero-order valence-corrected chi connectivity index (χ0v) is 20.9. The van der Waals surface area contributed by atoms with E-state index in [1.54, 1.807) is 12.1 Å². The van der Waals surface area contributed by atoms with Gasteiger partial charge in [-0.05, 0) is 62.4 Å². The van der Waals surface area contributed by atoms with Crippen molar-refractivity contribution in [2.75, 3.05) is 26.7 Å². The van der Waals surface area contributed by atoms with E-state index in [0.717, 1.165) is 22.3 Å². The average Bonchev–Trinajstić information content (AvgIpc) is 3.08. The fraction of sp³-hybridized carbons (Fsp3) is 0.440. The number of rotatable bonds is 5. The molecule has 2 aromatic carbocycles. The first kappa shape index (κ1) is 24.4. The second kappa shape index (κ2) is 9.13. The summed E-state index contributed by atoms with van der Waals surface area (Å²) in [6.07, 6.45) is 1.00. The van der Waals surface area contributed by atoms with Gasteiger partial charge in [-0.1, -0.05) is 29.8 Å². The highest BCUT2D eigenvalue weighted by Crippen LogP contribution is 2.35. The molecule has 2 aliphatic rings. The third-order valence-corrected chi connectivity index (χ3v) is 9.06. The number of methoxy groups -OCH3 is 1. The molecule has 9 heteroatoms. The quantitative estimate of drug-likeness (QED) is 0.654. The summed E-state index contributed by atoms with van der Waals surface area (Å²) in [6, 6.07) is 10.8. The maximum absolute atomic E-state index is 13.5. The molecule has 1 amide bonds. The van der Waals surface area contributed by atoms with Crippen LogP contribution in [0.15, 0.2) is 41.3 Å². The number of hydrogen-bond donors (Lipinski definition) is 1. The molecule has 2 heterocycles. The number of nitrogens with zero attached hydrogens (tertiary/aromatic N) is 2. The molecular formula is C25H31N3O5S. The van der Waals surface area contributed by atoms with Crippen LogP contribution in [-0.4, -0.2) is 61.9 Å². The number of amides is 1. The van der Waals surface area contributed by atoms with Crippen LogP contribution in [0.4, 0.5) is 0 Å². The molecule has 0 saturated carbocycles. The van der Waals surface area contributed by atoms with E-state index in [2.05, 4.69) is 5.32 Å². The molecule has 4 rings (SSSR count). The van der Waals surface area contributed by atoms with E-state index in [1.807, 2.05) is 49.9 Å². The lowest BCUT2D eigenvalue weighted by Gasteiger charge is -2.44. The van der Waals surface area contributed by atoms with Crippen molar-refractivity contribution in [1.82, 2.24) is 14.5 Å². The molecule has 0 aromatic heterocycles. The van der Waals surface area contributed by atoms with E-state index >= 15 is 0 Å². The normalized spacial score (nSPS) is 18.5. The second-order valence-electron chi connectivity index (χ2n) is 9.19. The predicted molar refractivity (Wildman–Crippen MR) is 128 cm³/mol. The Morgan fingerprint density at radius 2 is 1.65 bits per heavy atom. The van der Waals surface area contributed by atoms with Crippen molar-refractivity contribution >= 4 is 21.9 Å². The molecule has 1 spiro atoms. The van der Waals surface area contributed by atoms with Gasteiger partial charge in [0.1, 0.15) is 0 Å². The zero-order valence-electron chi connectivity index (χ0n) is 20.1. The lowest BCUT2D eigenvalue weighted by Crippen LogP contribution is -2.58. The Kier molecular flexibility index (Phi) is 6.54. The third kappa shape index (κ3) is 4.35. The SMILES string of the molecule is COC(=O)c1ccc(CN2C(=O)CNC23CCN(S(=O)(=O)c2c(C)cc(C)cc2C)CC3)cc1. The Morgan fingerprint density at radius 1 is 1.06 bits per heavy atom. The number of aryl methyl sites for hydroxylation is 3. The molecule has 2 aromatic rings. The smallest absolute Gasteiger partial charge is 0.337 e. The number of ether oxygens (including phenoxy) is 1. The molecular weight excluding hydrogens is 454 g/mol. The Labute approximate surface area is 200 Å². The van der Waals surface area contributed by atoms with Gasteiger partial charge in [-0.3, -0.25) is 10.1 Å². The molecule has 0 radical (unpaired) electrons. The number of nitrogens with one attached hydrogen (secondary N) is 1. The third-order valence-electron chi connectivity index (χ3n) is 6.85. The topological polar surface area (TPSA) is 96.0 Å². The van der Waals surface area contributed by atoms with Gasteiger partial charge in [-0.25, -0.2) is 13.2 Å². The summed E-state index contributed by atoms with van der Waals surface area (Å²) in [5.41, 5.74) is 3.31. The van der Waals surface area contributed by atoms with Gasteiger partial charge in [0.15, 0.2) is 0 Å². The number of esters is 1. The van der Waals surface area contributed by atoms with Crippen LogP contribution in [0.1, 0.15) is 45.5 Å². The summed E-state index contributed by atoms with van der Waals surface area (Å²) in [5, 5.41) is 3.35. The summed E-state index contributed by atoms with van der Waals surface area (Å²) < 4.78 is 33.2. The van der Waals surface area contributed by atoms with Crippen LogP contribution in [0.25, 0.3) is 0 Å². The van der Waals surface area contributed by atoms with Crippen LogP contribution in [0.2, 0.25) is 0 Å². The molecule has 182 valence electrons. The molecule has 1 N–H and O–H groups in total. The van der Waals surface area contributed by atoms with Crippen molar-refractivity contribution in [3.63, 3.8) is 0 Å². The lowest BCUT2D eigenvalue weighted by atomic mass is 9.96. The van der Waals surface area contributed by atoms with Crippen molar-refractivity contribution in [3.05, 3.63) is 64.2 Å². The monoisotopic (exact) mass is 485 g/mol. The molecule has 0 bridgehead atoms. The first-order chi connectivity index (χ1) is 16.1. The lowest BCUT2D eigenvalue weighted by molar-refractivity contribution is -0.132. The highest BCUT2D eigenvalue weighted by molar-refractivity contribution is 7.89. The van der Waals surface area contributed by atoms with Gasteiger partial charge in [0.05, 0.1) is 29.8 Å². The van der Waals surface area contributed by atoms with Crippen molar-refractivity contribution in [1.29, 1.82) is 0 Å². The van der Waals surface area contributed by atoms with E-state index in [9.17, 15) is 18.0 Å². The summed E-state index contributed by atoms with van der Waals surface area (Å²) in [4.78, 5) is 26.6. The molecule has 34 heavy (non-hydrogen) atoms. The number of hydrogen-bond acceptors (Lipinski definition) is 6. The van der Waals surface area contributed by atoms with Gasteiger partial charge in [-0.15, -0.1) is 0 Å². The molecule has 2 saturated heterocycles. The summed E-state index contributed by atoms with van der Waals surface area (Å²) >= 11 is 0. The van der Waals surface area contributed by atoms with Gasteiger partial charge >= 0.3 is 5.97 Å².